The SMILES string of the molecule is Cc1c(N)cccc1S(=O)(=O)Cc1nccs1. The summed E-state index contributed by atoms with van der Waals surface area (Å²) in [6.45, 7) is 1.71. The number of rotatable bonds is 3. The molecule has 0 aliphatic carbocycles. The molecule has 0 unspecified atom stereocenters. The van der Waals surface area contributed by atoms with Crippen LogP contribution in [-0.2, 0) is 15.6 Å². The molecule has 0 aliphatic rings. The van der Waals surface area contributed by atoms with Gasteiger partial charge in [0.1, 0.15) is 10.8 Å². The summed E-state index contributed by atoms with van der Waals surface area (Å²) >= 11 is 1.33. The monoisotopic (exact) mass is 268 g/mol. The molecule has 0 bridgehead atoms. The van der Waals surface area contributed by atoms with Crippen LogP contribution in [-0.4, -0.2) is 13.4 Å². The Kier molecular flexibility index (Phi) is 3.17. The van der Waals surface area contributed by atoms with Crippen LogP contribution < -0.4 is 5.73 Å². The summed E-state index contributed by atoms with van der Waals surface area (Å²) in [4.78, 5) is 4.27. The van der Waals surface area contributed by atoms with E-state index in [4.69, 9.17) is 5.73 Å². The predicted molar refractivity (Wildman–Crippen MR) is 68.6 cm³/mol. The Hall–Kier alpha value is -1.40. The van der Waals surface area contributed by atoms with Gasteiger partial charge in [-0.3, -0.25) is 0 Å². The maximum Gasteiger partial charge on any atom is 0.185 e. The lowest BCUT2D eigenvalue weighted by atomic mass is 10.2. The second kappa shape index (κ2) is 4.46. The fourth-order valence-electron chi connectivity index (χ4n) is 1.53. The second-order valence-electron chi connectivity index (χ2n) is 3.66. The third-order valence-corrected chi connectivity index (χ3v) is 5.19. The highest BCUT2D eigenvalue weighted by atomic mass is 32.2. The van der Waals surface area contributed by atoms with E-state index in [-0.39, 0.29) is 10.6 Å². The van der Waals surface area contributed by atoms with Crippen molar-refractivity contribution in [3.05, 3.63) is 40.3 Å². The van der Waals surface area contributed by atoms with Gasteiger partial charge in [0.2, 0.25) is 0 Å². The number of hydrogen-bond donors (Lipinski definition) is 1. The number of sulfone groups is 1. The Labute approximate surface area is 104 Å². The largest absolute Gasteiger partial charge is 0.398 e. The van der Waals surface area contributed by atoms with Gasteiger partial charge in [-0.15, -0.1) is 11.3 Å². The molecule has 1 aromatic carbocycles. The van der Waals surface area contributed by atoms with Crippen molar-refractivity contribution >= 4 is 26.9 Å². The Morgan fingerprint density at radius 1 is 1.41 bits per heavy atom. The number of nitrogens with zero attached hydrogens (tertiary/aromatic N) is 1. The number of benzene rings is 1. The molecule has 0 atom stereocenters. The summed E-state index contributed by atoms with van der Waals surface area (Å²) in [6.07, 6.45) is 1.60. The van der Waals surface area contributed by atoms with E-state index in [1.165, 1.54) is 11.3 Å². The zero-order valence-corrected chi connectivity index (χ0v) is 10.9. The smallest absolute Gasteiger partial charge is 0.185 e. The first-order chi connectivity index (χ1) is 8.00. The van der Waals surface area contributed by atoms with Crippen molar-refractivity contribution in [2.45, 2.75) is 17.6 Å². The van der Waals surface area contributed by atoms with Crippen LogP contribution in [0.15, 0.2) is 34.7 Å². The summed E-state index contributed by atoms with van der Waals surface area (Å²) in [5.41, 5.74) is 6.81. The van der Waals surface area contributed by atoms with Crippen molar-refractivity contribution in [3.63, 3.8) is 0 Å². The van der Waals surface area contributed by atoms with Gasteiger partial charge in [-0.1, -0.05) is 6.07 Å². The van der Waals surface area contributed by atoms with Gasteiger partial charge in [0, 0.05) is 17.3 Å². The van der Waals surface area contributed by atoms with Crippen molar-refractivity contribution in [3.8, 4) is 0 Å². The molecule has 2 N–H and O–H groups in total. The lowest BCUT2D eigenvalue weighted by Gasteiger charge is -2.08. The minimum absolute atomic E-state index is 0.0744. The normalized spacial score (nSPS) is 11.6. The molecule has 0 amide bonds. The molecule has 0 fully saturated rings. The Morgan fingerprint density at radius 2 is 2.18 bits per heavy atom. The van der Waals surface area contributed by atoms with Crippen LogP contribution in [0.25, 0.3) is 0 Å². The van der Waals surface area contributed by atoms with E-state index in [1.807, 2.05) is 0 Å². The Morgan fingerprint density at radius 3 is 2.82 bits per heavy atom. The molecule has 0 saturated heterocycles. The third-order valence-electron chi connectivity index (χ3n) is 2.46. The Bertz CT molecular complexity index is 619. The van der Waals surface area contributed by atoms with Gasteiger partial charge in [0.05, 0.1) is 4.90 Å². The zero-order chi connectivity index (χ0) is 12.5. The van der Waals surface area contributed by atoms with Crippen LogP contribution in [0.4, 0.5) is 5.69 Å². The van der Waals surface area contributed by atoms with Crippen LogP contribution in [0.3, 0.4) is 0 Å². The molecule has 0 saturated carbocycles. The molecular formula is C11H12N2O2S2. The fraction of sp³-hybridized carbons (Fsp3) is 0.182. The molecule has 1 heterocycles. The van der Waals surface area contributed by atoms with Gasteiger partial charge in [0.25, 0.3) is 0 Å². The lowest BCUT2D eigenvalue weighted by Crippen LogP contribution is -2.07. The maximum absolute atomic E-state index is 12.2. The molecule has 6 heteroatoms. The van der Waals surface area contributed by atoms with Crippen LogP contribution in [0.5, 0.6) is 0 Å². The quantitative estimate of drug-likeness (QED) is 0.864. The number of hydrogen-bond acceptors (Lipinski definition) is 5. The van der Waals surface area contributed by atoms with E-state index >= 15 is 0 Å². The van der Waals surface area contributed by atoms with Crippen LogP contribution in [0, 0.1) is 6.92 Å². The highest BCUT2D eigenvalue weighted by Gasteiger charge is 2.19. The minimum atomic E-state index is -3.37. The molecule has 1 aromatic heterocycles. The predicted octanol–water partition coefficient (Wildman–Crippen LogP) is 2.01. The van der Waals surface area contributed by atoms with E-state index in [0.717, 1.165) is 0 Å². The molecule has 0 spiro atoms. The van der Waals surface area contributed by atoms with Crippen molar-refractivity contribution in [1.82, 2.24) is 4.98 Å². The average Bonchev–Trinajstić information content (AvgIpc) is 2.73. The molecule has 4 nitrogen and oxygen atoms in total. The van der Waals surface area contributed by atoms with E-state index < -0.39 is 9.84 Å². The summed E-state index contributed by atoms with van der Waals surface area (Å²) in [5.74, 6) is -0.0744. The van der Waals surface area contributed by atoms with Gasteiger partial charge >= 0.3 is 0 Å². The highest BCUT2D eigenvalue weighted by molar-refractivity contribution is 7.90. The van der Waals surface area contributed by atoms with Crippen molar-refractivity contribution in [2.75, 3.05) is 5.73 Å². The lowest BCUT2D eigenvalue weighted by molar-refractivity contribution is 0.594. The van der Waals surface area contributed by atoms with Gasteiger partial charge in [-0.2, -0.15) is 0 Å². The first-order valence-electron chi connectivity index (χ1n) is 4.97. The minimum Gasteiger partial charge on any atom is -0.398 e. The summed E-state index contributed by atoms with van der Waals surface area (Å²) in [5, 5.41) is 2.35. The molecular weight excluding hydrogens is 256 g/mol. The molecule has 90 valence electrons. The van der Waals surface area contributed by atoms with Crippen LogP contribution >= 0.6 is 11.3 Å². The van der Waals surface area contributed by atoms with Crippen molar-refractivity contribution < 1.29 is 8.42 Å². The first-order valence-corrected chi connectivity index (χ1v) is 7.50. The number of thiazole rings is 1. The first kappa shape index (κ1) is 12.1. The Balaban J connectivity index is 2.42. The molecule has 0 aliphatic heterocycles. The van der Waals surface area contributed by atoms with Crippen LogP contribution in [0.2, 0.25) is 0 Å². The van der Waals surface area contributed by atoms with E-state index in [2.05, 4.69) is 4.98 Å². The number of nitrogens with two attached hydrogens (primary N) is 1. The average molecular weight is 268 g/mol. The highest BCUT2D eigenvalue weighted by Crippen LogP contribution is 2.24. The molecule has 17 heavy (non-hydrogen) atoms. The third kappa shape index (κ3) is 2.48. The topological polar surface area (TPSA) is 73.1 Å². The number of nitrogen functional groups attached to an aromatic ring is 1. The van der Waals surface area contributed by atoms with Gasteiger partial charge < -0.3 is 5.73 Å². The standard InChI is InChI=1S/C11H12N2O2S2/c1-8-9(12)3-2-4-10(8)17(14,15)7-11-13-5-6-16-11/h2-6H,7,12H2,1H3. The molecule has 0 radical (unpaired) electrons. The van der Waals surface area contributed by atoms with E-state index in [0.29, 0.717) is 16.3 Å². The summed E-state index contributed by atoms with van der Waals surface area (Å²) in [6, 6.07) is 4.92. The van der Waals surface area contributed by atoms with Gasteiger partial charge in [-0.05, 0) is 24.6 Å². The maximum atomic E-state index is 12.2. The summed E-state index contributed by atoms with van der Waals surface area (Å²) < 4.78 is 24.4. The van der Waals surface area contributed by atoms with E-state index in [1.54, 1.807) is 36.7 Å². The van der Waals surface area contributed by atoms with E-state index in [9.17, 15) is 8.42 Å². The number of anilines is 1. The zero-order valence-electron chi connectivity index (χ0n) is 9.25. The number of aromatic nitrogens is 1. The molecule has 2 rings (SSSR count). The second-order valence-corrected chi connectivity index (χ2v) is 6.59. The van der Waals surface area contributed by atoms with Gasteiger partial charge in [0.15, 0.2) is 9.84 Å². The fourth-order valence-corrected chi connectivity index (χ4v) is 4.10. The molecule has 2 aromatic rings. The van der Waals surface area contributed by atoms with Crippen molar-refractivity contribution in [1.29, 1.82) is 0 Å². The van der Waals surface area contributed by atoms with Crippen LogP contribution in [0.1, 0.15) is 10.6 Å². The van der Waals surface area contributed by atoms with Gasteiger partial charge in [-0.25, -0.2) is 13.4 Å². The summed E-state index contributed by atoms with van der Waals surface area (Å²) in [7, 11) is -3.37. The van der Waals surface area contributed by atoms with Crippen molar-refractivity contribution in [2.24, 2.45) is 0 Å².